The number of ketones is 1. The molecule has 4 rings (SSSR count). The molecule has 7 nitrogen and oxygen atoms in total. The third-order valence-corrected chi connectivity index (χ3v) is 6.44. The lowest BCUT2D eigenvalue weighted by Crippen LogP contribution is -2.36. The van der Waals surface area contributed by atoms with Crippen LogP contribution in [0.2, 0.25) is 0 Å². The van der Waals surface area contributed by atoms with E-state index >= 15 is 0 Å². The average Bonchev–Trinajstić information content (AvgIpc) is 3.25. The average molecular weight is 436 g/mol. The van der Waals surface area contributed by atoms with E-state index in [1.165, 1.54) is 10.9 Å². The Morgan fingerprint density at radius 2 is 1.84 bits per heavy atom. The van der Waals surface area contributed by atoms with E-state index in [0.717, 1.165) is 12.0 Å². The molecule has 0 saturated carbocycles. The predicted molar refractivity (Wildman–Crippen MR) is 120 cm³/mol. The van der Waals surface area contributed by atoms with E-state index < -0.39 is 10.7 Å². The standard InChI is InChI=1S/C23H21N3O4S/c1-24(2)19-8-7-15(13-20(19)26(29)30)22(27)17-5-3-4-6-18(17)23(28)25-11-9-21-16(14-25)10-12-31-21/h3-8,10,12-13H,9,11,14H2,1-2H3. The number of hydrogen-bond donors (Lipinski definition) is 0. The molecule has 0 unspecified atom stereocenters. The van der Waals surface area contributed by atoms with Crippen LogP contribution >= 0.6 is 11.3 Å². The van der Waals surface area contributed by atoms with Gasteiger partial charge in [0.1, 0.15) is 5.69 Å². The number of carbonyl (C=O) groups is 2. The smallest absolute Gasteiger partial charge is 0.293 e. The number of hydrogen-bond acceptors (Lipinski definition) is 6. The van der Waals surface area contributed by atoms with Crippen molar-refractivity contribution >= 4 is 34.4 Å². The van der Waals surface area contributed by atoms with E-state index in [1.54, 1.807) is 71.6 Å². The lowest BCUT2D eigenvalue weighted by Gasteiger charge is -2.27. The molecule has 0 radical (unpaired) electrons. The summed E-state index contributed by atoms with van der Waals surface area (Å²) in [6.45, 7) is 1.11. The van der Waals surface area contributed by atoms with E-state index in [-0.39, 0.29) is 22.7 Å². The number of anilines is 1. The van der Waals surface area contributed by atoms with Crippen LogP contribution in [-0.2, 0) is 13.0 Å². The van der Waals surface area contributed by atoms with Crippen molar-refractivity contribution in [2.45, 2.75) is 13.0 Å². The summed E-state index contributed by atoms with van der Waals surface area (Å²) in [4.78, 5) is 42.2. The van der Waals surface area contributed by atoms with E-state index in [4.69, 9.17) is 0 Å². The third kappa shape index (κ3) is 3.94. The molecule has 0 atom stereocenters. The first-order valence-corrected chi connectivity index (χ1v) is 10.7. The van der Waals surface area contributed by atoms with Gasteiger partial charge >= 0.3 is 0 Å². The summed E-state index contributed by atoms with van der Waals surface area (Å²) in [5.74, 6) is -0.620. The molecule has 158 valence electrons. The molecule has 2 heterocycles. The maximum atomic E-state index is 13.3. The van der Waals surface area contributed by atoms with Crippen molar-refractivity contribution in [3.05, 3.63) is 91.2 Å². The van der Waals surface area contributed by atoms with E-state index in [9.17, 15) is 19.7 Å². The summed E-state index contributed by atoms with van der Waals surface area (Å²) >= 11 is 1.70. The number of nitro benzene ring substituents is 1. The Kier molecular flexibility index (Phi) is 5.56. The largest absolute Gasteiger partial charge is 0.372 e. The van der Waals surface area contributed by atoms with Gasteiger partial charge in [0.2, 0.25) is 0 Å². The van der Waals surface area contributed by atoms with Gasteiger partial charge in [-0.15, -0.1) is 11.3 Å². The van der Waals surface area contributed by atoms with Gasteiger partial charge in [0.25, 0.3) is 11.6 Å². The van der Waals surface area contributed by atoms with Crippen molar-refractivity contribution in [2.24, 2.45) is 0 Å². The van der Waals surface area contributed by atoms with Crippen LogP contribution in [0.15, 0.2) is 53.9 Å². The van der Waals surface area contributed by atoms with Crippen LogP contribution in [0.1, 0.15) is 36.7 Å². The Morgan fingerprint density at radius 1 is 1.10 bits per heavy atom. The normalized spacial score (nSPS) is 12.9. The summed E-state index contributed by atoms with van der Waals surface area (Å²) in [6.07, 6.45) is 0.799. The van der Waals surface area contributed by atoms with Crippen LogP contribution in [0.5, 0.6) is 0 Å². The Morgan fingerprint density at radius 3 is 2.55 bits per heavy atom. The topological polar surface area (TPSA) is 83.8 Å². The second kappa shape index (κ2) is 8.31. The van der Waals surface area contributed by atoms with Gasteiger partial charge < -0.3 is 9.80 Å². The lowest BCUT2D eigenvalue weighted by molar-refractivity contribution is -0.384. The zero-order valence-electron chi connectivity index (χ0n) is 17.2. The van der Waals surface area contributed by atoms with Gasteiger partial charge in [-0.2, -0.15) is 0 Å². The highest BCUT2D eigenvalue weighted by atomic mass is 32.1. The quantitative estimate of drug-likeness (QED) is 0.341. The van der Waals surface area contributed by atoms with E-state index in [0.29, 0.717) is 24.3 Å². The van der Waals surface area contributed by atoms with Crippen molar-refractivity contribution in [3.63, 3.8) is 0 Å². The van der Waals surface area contributed by atoms with Crippen molar-refractivity contribution in [1.29, 1.82) is 0 Å². The maximum absolute atomic E-state index is 13.3. The molecule has 0 spiro atoms. The van der Waals surface area contributed by atoms with Crippen LogP contribution in [0.3, 0.4) is 0 Å². The van der Waals surface area contributed by atoms with Gasteiger partial charge in [-0.1, -0.05) is 18.2 Å². The highest BCUT2D eigenvalue weighted by molar-refractivity contribution is 7.10. The number of nitrogens with zero attached hydrogens (tertiary/aromatic N) is 3. The summed E-state index contributed by atoms with van der Waals surface area (Å²) in [5.41, 5.74) is 2.13. The molecule has 8 heteroatoms. The molecule has 1 aromatic heterocycles. The first-order valence-electron chi connectivity index (χ1n) is 9.81. The molecule has 0 N–H and O–H groups in total. The molecule has 0 bridgehead atoms. The first-order chi connectivity index (χ1) is 14.9. The Bertz CT molecular complexity index is 1190. The maximum Gasteiger partial charge on any atom is 0.293 e. The lowest BCUT2D eigenvalue weighted by atomic mass is 9.96. The molecule has 1 aliphatic heterocycles. The summed E-state index contributed by atoms with van der Waals surface area (Å²) in [5, 5.41) is 13.5. The third-order valence-electron chi connectivity index (χ3n) is 5.41. The van der Waals surface area contributed by atoms with Crippen LogP contribution in [0.25, 0.3) is 0 Å². The second-order valence-electron chi connectivity index (χ2n) is 7.58. The number of benzene rings is 2. The van der Waals surface area contributed by atoms with Crippen molar-refractivity contribution in [3.8, 4) is 0 Å². The summed E-state index contributed by atoms with van der Waals surface area (Å²) in [7, 11) is 3.41. The molecular formula is C23H21N3O4S. The SMILES string of the molecule is CN(C)c1ccc(C(=O)c2ccccc2C(=O)N2CCc3sccc3C2)cc1[N+](=O)[O-]. The van der Waals surface area contributed by atoms with Crippen molar-refractivity contribution in [2.75, 3.05) is 25.5 Å². The Balaban J connectivity index is 1.67. The van der Waals surface area contributed by atoms with Crippen molar-refractivity contribution < 1.29 is 14.5 Å². The second-order valence-corrected chi connectivity index (χ2v) is 8.58. The minimum atomic E-state index is -0.505. The molecule has 0 saturated heterocycles. The highest BCUT2D eigenvalue weighted by Gasteiger charge is 2.27. The Labute approximate surface area is 183 Å². The molecule has 0 aliphatic carbocycles. The molecule has 0 fully saturated rings. The van der Waals surface area contributed by atoms with Gasteiger partial charge in [0.15, 0.2) is 5.78 Å². The van der Waals surface area contributed by atoms with Gasteiger partial charge in [0.05, 0.1) is 10.5 Å². The van der Waals surface area contributed by atoms with Crippen LogP contribution in [0, 0.1) is 10.1 Å². The fourth-order valence-electron chi connectivity index (χ4n) is 3.80. The minimum Gasteiger partial charge on any atom is -0.372 e. The zero-order valence-corrected chi connectivity index (χ0v) is 18.0. The fraction of sp³-hybridized carbons (Fsp3) is 0.217. The van der Waals surface area contributed by atoms with Crippen molar-refractivity contribution in [1.82, 2.24) is 4.90 Å². The van der Waals surface area contributed by atoms with E-state index in [1.807, 2.05) is 11.4 Å². The summed E-state index contributed by atoms with van der Waals surface area (Å²) in [6, 6.07) is 13.1. The monoisotopic (exact) mass is 435 g/mol. The molecule has 1 amide bonds. The van der Waals surface area contributed by atoms with Crippen LogP contribution in [0.4, 0.5) is 11.4 Å². The highest BCUT2D eigenvalue weighted by Crippen LogP contribution is 2.30. The first kappa shape index (κ1) is 20.7. The zero-order chi connectivity index (χ0) is 22.1. The number of rotatable bonds is 5. The minimum absolute atomic E-state index is 0.152. The van der Waals surface area contributed by atoms with Gasteiger partial charge in [-0.05, 0) is 41.6 Å². The fourth-order valence-corrected chi connectivity index (χ4v) is 4.69. The predicted octanol–water partition coefficient (Wildman–Crippen LogP) is 4.15. The van der Waals surface area contributed by atoms with Gasteiger partial charge in [0, 0.05) is 49.3 Å². The molecule has 3 aromatic rings. The van der Waals surface area contributed by atoms with Gasteiger partial charge in [-0.25, -0.2) is 0 Å². The van der Waals surface area contributed by atoms with Crippen LogP contribution < -0.4 is 4.90 Å². The molecule has 2 aromatic carbocycles. The Hall–Kier alpha value is -3.52. The molecule has 31 heavy (non-hydrogen) atoms. The number of nitro groups is 1. The van der Waals surface area contributed by atoms with Crippen LogP contribution in [-0.4, -0.2) is 42.2 Å². The van der Waals surface area contributed by atoms with Gasteiger partial charge in [-0.3, -0.25) is 19.7 Å². The van der Waals surface area contributed by atoms with E-state index in [2.05, 4.69) is 0 Å². The number of fused-ring (bicyclic) bond motifs is 1. The summed E-state index contributed by atoms with van der Waals surface area (Å²) < 4.78 is 0. The number of amides is 1. The number of carbonyl (C=O) groups excluding carboxylic acids is 2. The molecular weight excluding hydrogens is 414 g/mol. The molecule has 1 aliphatic rings. The number of thiophene rings is 1.